The molecule has 1 aliphatic rings. The molecule has 1 heterocycles. The van der Waals surface area contributed by atoms with E-state index in [0.29, 0.717) is 19.4 Å². The zero-order chi connectivity index (χ0) is 15.2. The first-order valence-corrected chi connectivity index (χ1v) is 6.88. The molecule has 0 aromatic heterocycles. The lowest BCUT2D eigenvalue weighted by Gasteiger charge is -2.22. The summed E-state index contributed by atoms with van der Waals surface area (Å²) >= 11 is 0. The van der Waals surface area contributed by atoms with Gasteiger partial charge in [-0.25, -0.2) is 4.79 Å². The second kappa shape index (κ2) is 6.80. The minimum atomic E-state index is -0.853. The number of rotatable bonds is 4. The Bertz CT molecular complexity index is 550. The van der Waals surface area contributed by atoms with E-state index in [-0.39, 0.29) is 18.6 Å². The zero-order valence-electron chi connectivity index (χ0n) is 11.7. The van der Waals surface area contributed by atoms with Crippen molar-refractivity contribution in [3.63, 3.8) is 0 Å². The van der Waals surface area contributed by atoms with Gasteiger partial charge >= 0.3 is 12.0 Å². The van der Waals surface area contributed by atoms with E-state index in [1.807, 2.05) is 30.3 Å². The molecule has 110 valence electrons. The number of carbonyl (C=O) groups is 2. The molecule has 5 nitrogen and oxygen atoms in total. The lowest BCUT2D eigenvalue weighted by atomic mass is 10.0. The molecule has 2 unspecified atom stereocenters. The number of terminal acetylenes is 1. The van der Waals surface area contributed by atoms with E-state index in [9.17, 15) is 9.59 Å². The standard InChI is InChI=1S/C16H18N2O3/c1-2-6-14(12-7-4-3-5-8-12)17-16(21)18-10-9-13(11-18)15(19)20/h1,3-5,7-8,13-14H,6,9-11H2,(H,17,21)(H,19,20). The number of aliphatic carboxylic acids is 1. The molecule has 1 fully saturated rings. The number of carbonyl (C=O) groups excluding carboxylic acids is 1. The van der Waals surface area contributed by atoms with Crippen molar-refractivity contribution in [2.75, 3.05) is 13.1 Å². The highest BCUT2D eigenvalue weighted by molar-refractivity contribution is 5.77. The minimum absolute atomic E-state index is 0.249. The molecule has 1 saturated heterocycles. The normalized spacial score (nSPS) is 18.8. The maximum Gasteiger partial charge on any atom is 0.317 e. The van der Waals surface area contributed by atoms with E-state index in [4.69, 9.17) is 11.5 Å². The highest BCUT2D eigenvalue weighted by Crippen LogP contribution is 2.19. The Morgan fingerprint density at radius 2 is 2.14 bits per heavy atom. The van der Waals surface area contributed by atoms with Crippen LogP contribution in [0.5, 0.6) is 0 Å². The molecule has 5 heteroatoms. The molecule has 0 radical (unpaired) electrons. The van der Waals surface area contributed by atoms with Gasteiger partial charge in [0.2, 0.25) is 0 Å². The molecule has 1 aliphatic heterocycles. The number of likely N-dealkylation sites (tertiary alicyclic amines) is 1. The maximum atomic E-state index is 12.2. The van der Waals surface area contributed by atoms with Gasteiger partial charge in [-0.2, -0.15) is 0 Å². The number of nitrogens with one attached hydrogen (secondary N) is 1. The number of hydrogen-bond acceptors (Lipinski definition) is 2. The summed E-state index contributed by atoms with van der Waals surface area (Å²) in [5.74, 6) is 1.24. The molecule has 2 amide bonds. The highest BCUT2D eigenvalue weighted by atomic mass is 16.4. The van der Waals surface area contributed by atoms with Crippen molar-refractivity contribution in [3.8, 4) is 12.3 Å². The van der Waals surface area contributed by atoms with Crippen LogP contribution in [0.2, 0.25) is 0 Å². The fourth-order valence-corrected chi connectivity index (χ4v) is 2.44. The quantitative estimate of drug-likeness (QED) is 0.830. The number of amides is 2. The molecule has 2 rings (SSSR count). The van der Waals surface area contributed by atoms with E-state index < -0.39 is 11.9 Å². The van der Waals surface area contributed by atoms with Gasteiger partial charge in [0.05, 0.1) is 12.0 Å². The fourth-order valence-electron chi connectivity index (χ4n) is 2.44. The highest BCUT2D eigenvalue weighted by Gasteiger charge is 2.31. The van der Waals surface area contributed by atoms with Crippen LogP contribution in [0.1, 0.15) is 24.4 Å². The number of hydrogen-bond donors (Lipinski definition) is 2. The van der Waals surface area contributed by atoms with Crippen molar-refractivity contribution in [2.45, 2.75) is 18.9 Å². The second-order valence-corrected chi connectivity index (χ2v) is 5.09. The van der Waals surface area contributed by atoms with Crippen molar-refractivity contribution in [1.82, 2.24) is 10.2 Å². The van der Waals surface area contributed by atoms with Gasteiger partial charge in [-0.3, -0.25) is 4.79 Å². The lowest BCUT2D eigenvalue weighted by molar-refractivity contribution is -0.141. The third-order valence-electron chi connectivity index (χ3n) is 3.65. The fraction of sp³-hybridized carbons (Fsp3) is 0.375. The summed E-state index contributed by atoms with van der Waals surface area (Å²) < 4.78 is 0. The van der Waals surface area contributed by atoms with E-state index in [0.717, 1.165) is 5.56 Å². The molecule has 0 aliphatic carbocycles. The van der Waals surface area contributed by atoms with E-state index in [1.54, 1.807) is 0 Å². The van der Waals surface area contributed by atoms with Crippen LogP contribution in [-0.2, 0) is 4.79 Å². The second-order valence-electron chi connectivity index (χ2n) is 5.09. The zero-order valence-corrected chi connectivity index (χ0v) is 11.7. The first-order valence-electron chi connectivity index (χ1n) is 6.88. The third-order valence-corrected chi connectivity index (χ3v) is 3.65. The first-order chi connectivity index (χ1) is 10.1. The predicted octanol–water partition coefficient (Wildman–Crippen LogP) is 1.87. The number of urea groups is 1. The molecule has 1 aromatic rings. The number of nitrogens with zero attached hydrogens (tertiary/aromatic N) is 1. The predicted molar refractivity (Wildman–Crippen MR) is 78.5 cm³/mol. The summed E-state index contributed by atoms with van der Waals surface area (Å²) in [5, 5.41) is 11.9. The SMILES string of the molecule is C#CCC(NC(=O)N1CCC(C(=O)O)C1)c1ccccc1. The van der Waals surface area contributed by atoms with Crippen LogP contribution in [0.3, 0.4) is 0 Å². The van der Waals surface area contributed by atoms with Crippen LogP contribution in [-0.4, -0.2) is 35.1 Å². The van der Waals surface area contributed by atoms with Gasteiger partial charge in [0.15, 0.2) is 0 Å². The summed E-state index contributed by atoms with van der Waals surface area (Å²) in [5.41, 5.74) is 0.942. The molecule has 0 spiro atoms. The van der Waals surface area contributed by atoms with Gasteiger partial charge in [0.1, 0.15) is 0 Å². The van der Waals surface area contributed by atoms with E-state index in [1.165, 1.54) is 4.90 Å². The number of carboxylic acid groups (broad SMARTS) is 1. The summed E-state index contributed by atoms with van der Waals surface area (Å²) in [7, 11) is 0. The Balaban J connectivity index is 2.00. The maximum absolute atomic E-state index is 12.2. The van der Waals surface area contributed by atoms with E-state index >= 15 is 0 Å². The Morgan fingerprint density at radius 3 is 2.71 bits per heavy atom. The Hall–Kier alpha value is -2.48. The summed E-state index contributed by atoms with van der Waals surface area (Å²) in [6.45, 7) is 0.707. The molecule has 2 N–H and O–H groups in total. The van der Waals surface area contributed by atoms with Gasteiger partial charge in [0, 0.05) is 19.5 Å². The van der Waals surface area contributed by atoms with Crippen LogP contribution in [0.25, 0.3) is 0 Å². The Kier molecular flexibility index (Phi) is 4.83. The van der Waals surface area contributed by atoms with Crippen molar-refractivity contribution in [2.24, 2.45) is 5.92 Å². The minimum Gasteiger partial charge on any atom is -0.481 e. The first kappa shape index (κ1) is 14.9. The van der Waals surface area contributed by atoms with Crippen LogP contribution < -0.4 is 5.32 Å². The van der Waals surface area contributed by atoms with Crippen LogP contribution >= 0.6 is 0 Å². The average molecular weight is 286 g/mol. The van der Waals surface area contributed by atoms with Crippen LogP contribution in [0, 0.1) is 18.3 Å². The molecule has 0 bridgehead atoms. The van der Waals surface area contributed by atoms with Crippen molar-refractivity contribution < 1.29 is 14.7 Å². The number of benzene rings is 1. The van der Waals surface area contributed by atoms with Gasteiger partial charge in [-0.1, -0.05) is 30.3 Å². The van der Waals surface area contributed by atoms with Gasteiger partial charge in [0.25, 0.3) is 0 Å². The molecule has 21 heavy (non-hydrogen) atoms. The molecular weight excluding hydrogens is 268 g/mol. The Morgan fingerprint density at radius 1 is 1.43 bits per heavy atom. The largest absolute Gasteiger partial charge is 0.481 e. The monoisotopic (exact) mass is 286 g/mol. The average Bonchev–Trinajstić information content (AvgIpc) is 2.98. The van der Waals surface area contributed by atoms with Gasteiger partial charge < -0.3 is 15.3 Å². The van der Waals surface area contributed by atoms with Crippen molar-refractivity contribution in [3.05, 3.63) is 35.9 Å². The summed E-state index contributed by atoms with van der Waals surface area (Å²) in [4.78, 5) is 24.7. The molecule has 2 atom stereocenters. The summed E-state index contributed by atoms with van der Waals surface area (Å²) in [6.07, 6.45) is 6.25. The topological polar surface area (TPSA) is 69.6 Å². The van der Waals surface area contributed by atoms with Gasteiger partial charge in [-0.05, 0) is 12.0 Å². The molecule has 0 saturated carbocycles. The lowest BCUT2D eigenvalue weighted by Crippen LogP contribution is -2.40. The van der Waals surface area contributed by atoms with Crippen LogP contribution in [0.4, 0.5) is 4.79 Å². The van der Waals surface area contributed by atoms with Crippen molar-refractivity contribution in [1.29, 1.82) is 0 Å². The van der Waals surface area contributed by atoms with Crippen LogP contribution in [0.15, 0.2) is 30.3 Å². The van der Waals surface area contributed by atoms with E-state index in [2.05, 4.69) is 11.2 Å². The molecular formula is C16H18N2O3. The smallest absolute Gasteiger partial charge is 0.317 e. The van der Waals surface area contributed by atoms with Gasteiger partial charge in [-0.15, -0.1) is 12.3 Å². The number of carboxylic acids is 1. The summed E-state index contributed by atoms with van der Waals surface area (Å²) in [6, 6.07) is 8.98. The third kappa shape index (κ3) is 3.76. The van der Waals surface area contributed by atoms with Crippen molar-refractivity contribution >= 4 is 12.0 Å². The molecule has 1 aromatic carbocycles. The Labute approximate surface area is 124 Å².